The fraction of sp³-hybridized carbons (Fsp3) is 0.975. The summed E-state index contributed by atoms with van der Waals surface area (Å²) < 4.78 is 5.53. The van der Waals surface area contributed by atoms with Crippen LogP contribution in [0.5, 0.6) is 0 Å². The van der Waals surface area contributed by atoms with Gasteiger partial charge in [0.05, 0.1) is 25.4 Å². The van der Waals surface area contributed by atoms with Crippen LogP contribution in [0.4, 0.5) is 0 Å². The minimum absolute atomic E-state index is 0.0267. The molecule has 0 saturated heterocycles. The molecule has 3 N–H and O–H groups in total. The molecule has 6 heteroatoms. The normalized spacial score (nSPS) is 12.4. The van der Waals surface area contributed by atoms with Crippen LogP contribution in [0.1, 0.15) is 476 Å². The van der Waals surface area contributed by atoms with Crippen molar-refractivity contribution in [3.63, 3.8) is 0 Å². The molecule has 0 spiro atoms. The first kappa shape index (κ1) is 84.9. The molecule has 0 aliphatic carbocycles. The van der Waals surface area contributed by atoms with Gasteiger partial charge in [0.1, 0.15) is 0 Å². The van der Waals surface area contributed by atoms with Gasteiger partial charge < -0.3 is 20.3 Å². The first-order valence-corrected chi connectivity index (χ1v) is 40.3. The van der Waals surface area contributed by atoms with E-state index in [1.54, 1.807) is 0 Å². The largest absolute Gasteiger partial charge is 0.466 e. The third-order valence-corrected chi connectivity index (χ3v) is 19.4. The van der Waals surface area contributed by atoms with Gasteiger partial charge in [-0.2, -0.15) is 0 Å². The van der Waals surface area contributed by atoms with Crippen molar-refractivity contribution in [2.45, 2.75) is 488 Å². The Labute approximate surface area is 540 Å². The van der Waals surface area contributed by atoms with Crippen LogP contribution >= 0.6 is 0 Å². The average Bonchev–Trinajstić information content (AvgIpc) is 3.58. The molecule has 0 fully saturated rings. The van der Waals surface area contributed by atoms with Crippen molar-refractivity contribution in [2.75, 3.05) is 13.2 Å². The second kappa shape index (κ2) is 76.3. The molecule has 0 bridgehead atoms. The van der Waals surface area contributed by atoms with Crippen molar-refractivity contribution < 1.29 is 24.5 Å². The minimum atomic E-state index is -0.657. The lowest BCUT2D eigenvalue weighted by Crippen LogP contribution is -2.45. The predicted molar refractivity (Wildman–Crippen MR) is 380 cm³/mol. The number of unbranched alkanes of at least 4 members (excludes halogenated alkanes) is 66. The van der Waals surface area contributed by atoms with Crippen LogP contribution in [0.3, 0.4) is 0 Å². The minimum Gasteiger partial charge on any atom is -0.466 e. The number of ether oxygens (including phenoxy) is 1. The Bertz CT molecular complexity index is 1260. The number of amides is 1. The smallest absolute Gasteiger partial charge is 0.305 e. The molecule has 1 amide bonds. The highest BCUT2D eigenvalue weighted by Gasteiger charge is 2.20. The van der Waals surface area contributed by atoms with E-state index in [9.17, 15) is 19.8 Å². The molecule has 0 heterocycles. The topological polar surface area (TPSA) is 95.9 Å². The van der Waals surface area contributed by atoms with Crippen LogP contribution in [-0.2, 0) is 14.3 Å². The van der Waals surface area contributed by atoms with Gasteiger partial charge in [-0.25, -0.2) is 0 Å². The molecule has 2 atom stereocenters. The van der Waals surface area contributed by atoms with Crippen LogP contribution < -0.4 is 5.32 Å². The number of aliphatic hydroxyl groups excluding tert-OH is 2. The molecule has 0 aromatic heterocycles. The molecule has 0 rings (SSSR count). The van der Waals surface area contributed by atoms with Crippen molar-refractivity contribution in [1.29, 1.82) is 0 Å². The molecule has 0 radical (unpaired) electrons. The van der Waals surface area contributed by atoms with Crippen LogP contribution in [-0.4, -0.2) is 47.4 Å². The van der Waals surface area contributed by atoms with E-state index in [1.165, 1.54) is 405 Å². The van der Waals surface area contributed by atoms with Gasteiger partial charge in [-0.3, -0.25) is 9.59 Å². The zero-order valence-electron chi connectivity index (χ0n) is 59.1. The van der Waals surface area contributed by atoms with E-state index >= 15 is 0 Å². The highest BCUT2D eigenvalue weighted by atomic mass is 16.5. The second-order valence-corrected chi connectivity index (χ2v) is 28.1. The Morgan fingerprint density at radius 1 is 0.279 bits per heavy atom. The summed E-state index contributed by atoms with van der Waals surface area (Å²) in [5.74, 6) is 0.00351. The van der Waals surface area contributed by atoms with Crippen molar-refractivity contribution >= 4 is 11.9 Å². The maximum Gasteiger partial charge on any atom is 0.305 e. The van der Waals surface area contributed by atoms with Gasteiger partial charge >= 0.3 is 5.97 Å². The molecular formula is C80H159NO5. The first-order valence-electron chi connectivity index (χ1n) is 40.3. The lowest BCUT2D eigenvalue weighted by Gasteiger charge is -2.22. The lowest BCUT2D eigenvalue weighted by molar-refractivity contribution is -0.143. The molecule has 2 unspecified atom stereocenters. The second-order valence-electron chi connectivity index (χ2n) is 28.1. The average molecular weight is 1220 g/mol. The SMILES string of the molecule is CCCCCCCCCCCCCCCCCCCCCC(=O)OCCCCCCCCCCCCCCCCCCCCCCCCCCCCCCCCCCCCCCCCCC(=O)NC(CO)C(O)CCCCCCCCCCCCC. The Morgan fingerprint density at radius 3 is 0.709 bits per heavy atom. The van der Waals surface area contributed by atoms with Crippen LogP contribution in [0, 0.1) is 0 Å². The van der Waals surface area contributed by atoms with E-state index in [0.717, 1.165) is 38.5 Å². The fourth-order valence-corrected chi connectivity index (χ4v) is 13.3. The maximum absolute atomic E-state index is 12.5. The molecule has 0 aliphatic heterocycles. The molecule has 0 aromatic carbocycles. The summed E-state index contributed by atoms with van der Waals surface area (Å²) in [4.78, 5) is 24.6. The summed E-state index contributed by atoms with van der Waals surface area (Å²) >= 11 is 0. The van der Waals surface area contributed by atoms with Crippen molar-refractivity contribution in [3.8, 4) is 0 Å². The molecule has 0 aromatic rings. The monoisotopic (exact) mass is 1210 g/mol. The third kappa shape index (κ3) is 71.9. The Kier molecular flexibility index (Phi) is 75.3. The number of hydrogen-bond donors (Lipinski definition) is 3. The summed E-state index contributed by atoms with van der Waals surface area (Å²) in [6.45, 7) is 5.00. The van der Waals surface area contributed by atoms with Gasteiger partial charge in [-0.05, 0) is 25.7 Å². The number of esters is 1. The number of nitrogens with one attached hydrogen (secondary N) is 1. The molecule has 514 valence electrons. The van der Waals surface area contributed by atoms with Crippen molar-refractivity contribution in [2.24, 2.45) is 0 Å². The highest BCUT2D eigenvalue weighted by Crippen LogP contribution is 2.21. The van der Waals surface area contributed by atoms with E-state index in [1.807, 2.05) is 0 Å². The quantitative estimate of drug-likeness (QED) is 0.0417. The van der Waals surface area contributed by atoms with Crippen LogP contribution in [0.15, 0.2) is 0 Å². The molecule has 0 saturated carbocycles. The molecular weight excluding hydrogens is 1050 g/mol. The van der Waals surface area contributed by atoms with E-state index in [2.05, 4.69) is 19.2 Å². The number of hydrogen-bond acceptors (Lipinski definition) is 5. The zero-order chi connectivity index (χ0) is 62.0. The van der Waals surface area contributed by atoms with Gasteiger partial charge in [0.2, 0.25) is 5.91 Å². The maximum atomic E-state index is 12.5. The van der Waals surface area contributed by atoms with Gasteiger partial charge in [0, 0.05) is 12.8 Å². The summed E-state index contributed by atoms with van der Waals surface area (Å²) in [6, 6.07) is -0.534. The van der Waals surface area contributed by atoms with Gasteiger partial charge in [0.25, 0.3) is 0 Å². The van der Waals surface area contributed by atoms with E-state index in [-0.39, 0.29) is 18.5 Å². The Morgan fingerprint density at radius 2 is 0.477 bits per heavy atom. The molecule has 86 heavy (non-hydrogen) atoms. The van der Waals surface area contributed by atoms with E-state index in [0.29, 0.717) is 25.9 Å². The lowest BCUT2D eigenvalue weighted by atomic mass is 10.0. The highest BCUT2D eigenvalue weighted by molar-refractivity contribution is 5.76. The number of aliphatic hydroxyl groups is 2. The summed E-state index contributed by atoms with van der Waals surface area (Å²) in [5.41, 5.74) is 0. The fourth-order valence-electron chi connectivity index (χ4n) is 13.3. The summed E-state index contributed by atoms with van der Waals surface area (Å²) in [6.07, 6.45) is 95.1. The number of carbonyl (C=O) groups is 2. The van der Waals surface area contributed by atoms with Gasteiger partial charge in [-0.15, -0.1) is 0 Å². The van der Waals surface area contributed by atoms with Crippen LogP contribution in [0.25, 0.3) is 0 Å². The number of rotatable bonds is 77. The Hall–Kier alpha value is -1.14. The van der Waals surface area contributed by atoms with Crippen molar-refractivity contribution in [1.82, 2.24) is 5.32 Å². The summed E-state index contributed by atoms with van der Waals surface area (Å²) in [5, 5.41) is 23.3. The summed E-state index contributed by atoms with van der Waals surface area (Å²) in [7, 11) is 0. The van der Waals surface area contributed by atoms with Crippen LogP contribution in [0.2, 0.25) is 0 Å². The Balaban J connectivity index is 3.24. The van der Waals surface area contributed by atoms with E-state index in [4.69, 9.17) is 4.74 Å². The van der Waals surface area contributed by atoms with Gasteiger partial charge in [0.15, 0.2) is 0 Å². The zero-order valence-corrected chi connectivity index (χ0v) is 59.1. The standard InChI is InChI=1S/C80H159NO5/c1-3-5-7-9-11-13-15-16-17-18-40-44-47-50-54-58-62-66-70-74-80(85)86-75-71-67-63-59-55-51-48-45-42-39-37-35-33-31-29-27-25-23-21-19-20-22-24-26-28-30-32-34-36-38-41-43-46-49-53-57-61-65-69-73-79(84)81-77(76-82)78(83)72-68-64-60-56-52-14-12-10-8-6-4-2/h77-78,82-83H,3-76H2,1-2H3,(H,81,84). The molecule has 0 aliphatic rings. The van der Waals surface area contributed by atoms with E-state index < -0.39 is 12.1 Å². The molecule has 6 nitrogen and oxygen atoms in total. The van der Waals surface area contributed by atoms with Crippen molar-refractivity contribution in [3.05, 3.63) is 0 Å². The number of carbonyl (C=O) groups excluding carboxylic acids is 2. The van der Waals surface area contributed by atoms with Gasteiger partial charge in [-0.1, -0.05) is 438 Å². The third-order valence-electron chi connectivity index (χ3n) is 19.4. The first-order chi connectivity index (χ1) is 42.5. The predicted octanol–water partition coefficient (Wildman–Crippen LogP) is 26.5.